The Bertz CT molecular complexity index is 775. The third-order valence-electron chi connectivity index (χ3n) is 2.96. The fourth-order valence-electron chi connectivity index (χ4n) is 1.99. The molecule has 2 aromatic heterocycles. The monoisotopic (exact) mass is 281 g/mol. The number of hydrogen-bond acceptors (Lipinski definition) is 6. The van der Waals surface area contributed by atoms with Gasteiger partial charge >= 0.3 is 6.01 Å². The van der Waals surface area contributed by atoms with Crippen molar-refractivity contribution in [2.75, 3.05) is 19.0 Å². The van der Waals surface area contributed by atoms with Gasteiger partial charge in [0.25, 0.3) is 0 Å². The fourth-order valence-corrected chi connectivity index (χ4v) is 1.99. The molecule has 0 aliphatic heterocycles. The van der Waals surface area contributed by atoms with Crippen LogP contribution in [0.15, 0.2) is 36.4 Å². The van der Waals surface area contributed by atoms with Gasteiger partial charge in [0.05, 0.1) is 12.6 Å². The number of ether oxygens (including phenoxy) is 1. The largest absolute Gasteiger partial charge is 0.467 e. The van der Waals surface area contributed by atoms with Crippen molar-refractivity contribution in [1.29, 1.82) is 0 Å². The van der Waals surface area contributed by atoms with Gasteiger partial charge in [0, 0.05) is 11.9 Å². The molecule has 0 fully saturated rings. The Labute approximate surface area is 122 Å². The van der Waals surface area contributed by atoms with Gasteiger partial charge in [-0.15, -0.1) is 0 Å². The maximum Gasteiger partial charge on any atom is 0.321 e. The maximum atomic E-state index is 5.12. The Morgan fingerprint density at radius 3 is 2.67 bits per heavy atom. The molecule has 0 radical (unpaired) electrons. The van der Waals surface area contributed by atoms with Crippen molar-refractivity contribution >= 4 is 16.9 Å². The van der Waals surface area contributed by atoms with Gasteiger partial charge in [-0.2, -0.15) is 15.0 Å². The number of pyridine rings is 1. The van der Waals surface area contributed by atoms with Crippen molar-refractivity contribution in [3.05, 3.63) is 36.4 Å². The number of fused-ring (bicyclic) bond motifs is 1. The highest BCUT2D eigenvalue weighted by molar-refractivity contribution is 5.80. The number of anilines is 1. The molecular formula is C15H15N5O. The minimum Gasteiger partial charge on any atom is -0.467 e. The van der Waals surface area contributed by atoms with Crippen LogP contribution in [-0.2, 0) is 0 Å². The zero-order valence-corrected chi connectivity index (χ0v) is 11.9. The van der Waals surface area contributed by atoms with Crippen molar-refractivity contribution in [1.82, 2.24) is 19.9 Å². The van der Waals surface area contributed by atoms with Gasteiger partial charge in [-0.25, -0.2) is 4.98 Å². The van der Waals surface area contributed by atoms with Gasteiger partial charge in [-0.05, 0) is 19.1 Å². The van der Waals surface area contributed by atoms with E-state index in [-0.39, 0.29) is 6.01 Å². The Hall–Kier alpha value is -2.76. The van der Waals surface area contributed by atoms with Gasteiger partial charge in [0.1, 0.15) is 5.69 Å². The molecule has 0 amide bonds. The van der Waals surface area contributed by atoms with Crippen LogP contribution in [0.1, 0.15) is 6.92 Å². The first-order valence-electron chi connectivity index (χ1n) is 6.70. The summed E-state index contributed by atoms with van der Waals surface area (Å²) in [5, 5.41) is 4.14. The predicted octanol–water partition coefficient (Wildman–Crippen LogP) is 2.53. The second-order valence-electron chi connectivity index (χ2n) is 4.39. The molecule has 0 saturated heterocycles. The molecule has 0 aliphatic carbocycles. The predicted molar refractivity (Wildman–Crippen MR) is 81.3 cm³/mol. The summed E-state index contributed by atoms with van der Waals surface area (Å²) in [6.45, 7) is 2.70. The third kappa shape index (κ3) is 2.74. The fraction of sp³-hybridized carbons (Fsp3) is 0.200. The summed E-state index contributed by atoms with van der Waals surface area (Å²) >= 11 is 0. The second kappa shape index (κ2) is 5.70. The first-order chi connectivity index (χ1) is 10.3. The van der Waals surface area contributed by atoms with Crippen LogP contribution in [0.4, 0.5) is 5.95 Å². The molecule has 21 heavy (non-hydrogen) atoms. The van der Waals surface area contributed by atoms with Gasteiger partial charge in [0.15, 0.2) is 5.82 Å². The summed E-state index contributed by atoms with van der Waals surface area (Å²) in [6.07, 6.45) is 0. The Balaban J connectivity index is 2.10. The smallest absolute Gasteiger partial charge is 0.321 e. The summed E-state index contributed by atoms with van der Waals surface area (Å²) in [4.78, 5) is 17.4. The molecular weight excluding hydrogens is 266 g/mol. The standard InChI is InChI=1S/C15H15N5O/c1-3-16-14-18-13(19-15(20-14)21-2)12-9-8-10-6-4-5-7-11(10)17-12/h4-9H,3H2,1-2H3,(H,16,18,19,20). The quantitative estimate of drug-likeness (QED) is 0.792. The summed E-state index contributed by atoms with van der Waals surface area (Å²) in [5.74, 6) is 0.970. The molecule has 1 N–H and O–H groups in total. The molecule has 3 aromatic rings. The van der Waals surface area contributed by atoms with Crippen LogP contribution in [0.5, 0.6) is 6.01 Å². The van der Waals surface area contributed by atoms with Crippen LogP contribution in [0.25, 0.3) is 22.4 Å². The number of benzene rings is 1. The van der Waals surface area contributed by atoms with E-state index in [1.807, 2.05) is 43.3 Å². The van der Waals surface area contributed by atoms with E-state index >= 15 is 0 Å². The van der Waals surface area contributed by atoms with Crippen molar-refractivity contribution < 1.29 is 4.74 Å². The number of aromatic nitrogens is 4. The van der Waals surface area contributed by atoms with Crippen molar-refractivity contribution in [2.24, 2.45) is 0 Å². The van der Waals surface area contributed by atoms with Gasteiger partial charge in [0.2, 0.25) is 5.95 Å². The molecule has 0 bridgehead atoms. The molecule has 2 heterocycles. The normalized spacial score (nSPS) is 10.6. The van der Waals surface area contributed by atoms with E-state index in [1.54, 1.807) is 0 Å². The number of methoxy groups -OCH3 is 1. The van der Waals surface area contributed by atoms with E-state index in [0.717, 1.165) is 17.4 Å². The Morgan fingerprint density at radius 1 is 1.00 bits per heavy atom. The molecule has 0 saturated carbocycles. The molecule has 106 valence electrons. The van der Waals surface area contributed by atoms with Gasteiger partial charge < -0.3 is 10.1 Å². The van der Waals surface area contributed by atoms with Crippen LogP contribution in [0, 0.1) is 0 Å². The van der Waals surface area contributed by atoms with E-state index in [4.69, 9.17) is 4.74 Å². The first kappa shape index (κ1) is 13.2. The molecule has 0 atom stereocenters. The summed E-state index contributed by atoms with van der Waals surface area (Å²) < 4.78 is 5.12. The second-order valence-corrected chi connectivity index (χ2v) is 4.39. The average Bonchev–Trinajstić information content (AvgIpc) is 2.54. The van der Waals surface area contributed by atoms with Gasteiger partial charge in [-0.1, -0.05) is 24.3 Å². The van der Waals surface area contributed by atoms with Crippen molar-refractivity contribution in [3.8, 4) is 17.5 Å². The topological polar surface area (TPSA) is 72.8 Å². The number of nitrogens with one attached hydrogen (secondary N) is 1. The highest BCUT2D eigenvalue weighted by Gasteiger charge is 2.10. The average molecular weight is 281 g/mol. The van der Waals surface area contributed by atoms with Crippen molar-refractivity contribution in [2.45, 2.75) is 6.92 Å². The molecule has 0 aliphatic rings. The molecule has 1 aromatic carbocycles. The Kier molecular flexibility index (Phi) is 3.59. The molecule has 6 heteroatoms. The lowest BCUT2D eigenvalue weighted by atomic mass is 10.2. The van der Waals surface area contributed by atoms with Crippen LogP contribution in [0.3, 0.4) is 0 Å². The Morgan fingerprint density at radius 2 is 1.86 bits per heavy atom. The lowest BCUT2D eigenvalue weighted by Gasteiger charge is -2.07. The number of nitrogens with zero attached hydrogens (tertiary/aromatic N) is 4. The highest BCUT2D eigenvalue weighted by Crippen LogP contribution is 2.20. The lowest BCUT2D eigenvalue weighted by Crippen LogP contribution is -2.06. The van der Waals surface area contributed by atoms with Crippen LogP contribution in [0.2, 0.25) is 0 Å². The molecule has 0 spiro atoms. The van der Waals surface area contributed by atoms with Crippen LogP contribution < -0.4 is 10.1 Å². The first-order valence-corrected chi connectivity index (χ1v) is 6.70. The van der Waals surface area contributed by atoms with E-state index in [2.05, 4.69) is 25.3 Å². The van der Waals surface area contributed by atoms with Crippen LogP contribution >= 0.6 is 0 Å². The zero-order valence-electron chi connectivity index (χ0n) is 11.9. The number of rotatable bonds is 4. The zero-order chi connectivity index (χ0) is 14.7. The number of para-hydroxylation sites is 1. The molecule has 3 rings (SSSR count). The minimum atomic E-state index is 0.269. The van der Waals surface area contributed by atoms with E-state index in [0.29, 0.717) is 17.5 Å². The highest BCUT2D eigenvalue weighted by atomic mass is 16.5. The van der Waals surface area contributed by atoms with Crippen molar-refractivity contribution in [3.63, 3.8) is 0 Å². The van der Waals surface area contributed by atoms with E-state index in [1.165, 1.54) is 7.11 Å². The SMILES string of the molecule is CCNc1nc(OC)nc(-c2ccc3ccccc3n2)n1. The minimum absolute atomic E-state index is 0.269. The maximum absolute atomic E-state index is 5.12. The lowest BCUT2D eigenvalue weighted by molar-refractivity contribution is 0.379. The van der Waals surface area contributed by atoms with Gasteiger partial charge in [-0.3, -0.25) is 0 Å². The number of hydrogen-bond donors (Lipinski definition) is 1. The summed E-state index contributed by atoms with van der Waals surface area (Å²) in [5.41, 5.74) is 1.59. The van der Waals surface area contributed by atoms with Crippen LogP contribution in [-0.4, -0.2) is 33.6 Å². The molecule has 0 unspecified atom stereocenters. The summed E-state index contributed by atoms with van der Waals surface area (Å²) in [7, 11) is 1.53. The van der Waals surface area contributed by atoms with E-state index in [9.17, 15) is 0 Å². The van der Waals surface area contributed by atoms with E-state index < -0.39 is 0 Å². The third-order valence-corrected chi connectivity index (χ3v) is 2.96. The molecule has 6 nitrogen and oxygen atoms in total. The summed E-state index contributed by atoms with van der Waals surface area (Å²) in [6, 6.07) is 12.1.